The molecule has 1 fully saturated rings. The Morgan fingerprint density at radius 2 is 1.83 bits per heavy atom. The molecule has 1 unspecified atom stereocenters. The highest BCUT2D eigenvalue weighted by Crippen LogP contribution is 2.12. The van der Waals surface area contributed by atoms with Crippen LogP contribution in [0.15, 0.2) is 0 Å². The molecule has 5 heteroatoms. The van der Waals surface area contributed by atoms with Crippen molar-refractivity contribution in [2.75, 3.05) is 32.7 Å². The van der Waals surface area contributed by atoms with Crippen molar-refractivity contribution in [3.63, 3.8) is 0 Å². The third-order valence-corrected chi connectivity index (χ3v) is 3.47. The Labute approximate surface area is 109 Å². The molecular formula is C13H24N2O3. The summed E-state index contributed by atoms with van der Waals surface area (Å²) < 4.78 is 0. The van der Waals surface area contributed by atoms with E-state index < -0.39 is 5.97 Å². The van der Waals surface area contributed by atoms with Gasteiger partial charge in [-0.05, 0) is 6.42 Å². The molecule has 0 spiro atoms. The maximum Gasteiger partial charge on any atom is 0.304 e. The van der Waals surface area contributed by atoms with Gasteiger partial charge in [-0.3, -0.25) is 14.5 Å². The van der Waals surface area contributed by atoms with Crippen LogP contribution >= 0.6 is 0 Å². The minimum absolute atomic E-state index is 0.112. The maximum atomic E-state index is 12.1. The lowest BCUT2D eigenvalue weighted by Crippen LogP contribution is -2.50. The number of carboxylic acid groups (broad SMARTS) is 1. The van der Waals surface area contributed by atoms with Crippen LogP contribution < -0.4 is 0 Å². The van der Waals surface area contributed by atoms with E-state index in [1.54, 1.807) is 0 Å². The van der Waals surface area contributed by atoms with Gasteiger partial charge in [0, 0.05) is 38.6 Å². The first-order valence-corrected chi connectivity index (χ1v) is 6.77. The summed E-state index contributed by atoms with van der Waals surface area (Å²) in [4.78, 5) is 26.6. The van der Waals surface area contributed by atoms with Gasteiger partial charge in [0.05, 0.1) is 6.42 Å². The molecule has 1 heterocycles. The first kappa shape index (κ1) is 15.0. The minimum atomic E-state index is -0.759. The highest BCUT2D eigenvalue weighted by Gasteiger charge is 2.24. The molecule has 1 atom stereocenters. The van der Waals surface area contributed by atoms with E-state index in [0.717, 1.165) is 39.0 Å². The van der Waals surface area contributed by atoms with Gasteiger partial charge in [0.2, 0.25) is 5.91 Å². The molecule has 0 bridgehead atoms. The van der Waals surface area contributed by atoms with E-state index in [1.807, 2.05) is 11.8 Å². The Kier molecular flexibility index (Phi) is 6.12. The molecule has 104 valence electrons. The number of hydrogen-bond donors (Lipinski definition) is 1. The third kappa shape index (κ3) is 4.64. The second-order valence-corrected chi connectivity index (χ2v) is 5.00. The van der Waals surface area contributed by atoms with Crippen LogP contribution in [0, 0.1) is 5.92 Å². The average Bonchev–Trinajstić information content (AvgIpc) is 2.36. The zero-order valence-electron chi connectivity index (χ0n) is 11.4. The van der Waals surface area contributed by atoms with Crippen LogP contribution in [-0.4, -0.2) is 59.5 Å². The molecule has 0 aromatic carbocycles. The molecule has 1 N–H and O–H groups in total. The predicted octanol–water partition coefficient (Wildman–Crippen LogP) is 1.04. The SMILES string of the molecule is CCCC(C)C(=O)N1CCN(CCC(=O)O)CC1. The Morgan fingerprint density at radius 1 is 1.22 bits per heavy atom. The number of carbonyl (C=O) groups excluding carboxylic acids is 1. The highest BCUT2D eigenvalue weighted by atomic mass is 16.4. The van der Waals surface area contributed by atoms with Crippen molar-refractivity contribution in [3.05, 3.63) is 0 Å². The van der Waals surface area contributed by atoms with E-state index in [0.29, 0.717) is 6.54 Å². The molecular weight excluding hydrogens is 232 g/mol. The zero-order chi connectivity index (χ0) is 13.5. The van der Waals surface area contributed by atoms with E-state index in [2.05, 4.69) is 11.8 Å². The normalized spacial score (nSPS) is 18.7. The van der Waals surface area contributed by atoms with Gasteiger partial charge in [-0.15, -0.1) is 0 Å². The van der Waals surface area contributed by atoms with Gasteiger partial charge in [0.1, 0.15) is 0 Å². The Morgan fingerprint density at radius 3 is 2.33 bits per heavy atom. The number of carboxylic acids is 1. The quantitative estimate of drug-likeness (QED) is 0.771. The second-order valence-electron chi connectivity index (χ2n) is 5.00. The van der Waals surface area contributed by atoms with Gasteiger partial charge in [0.15, 0.2) is 0 Å². The molecule has 0 aromatic rings. The molecule has 0 aliphatic carbocycles. The molecule has 0 saturated carbocycles. The molecule has 1 aliphatic rings. The van der Waals surface area contributed by atoms with Gasteiger partial charge in [0.25, 0.3) is 0 Å². The summed E-state index contributed by atoms with van der Waals surface area (Å²) in [6.45, 7) is 7.70. The summed E-state index contributed by atoms with van der Waals surface area (Å²) in [5.41, 5.74) is 0. The van der Waals surface area contributed by atoms with Crippen molar-refractivity contribution in [2.45, 2.75) is 33.1 Å². The van der Waals surface area contributed by atoms with Crippen molar-refractivity contribution >= 4 is 11.9 Å². The number of amides is 1. The molecule has 1 amide bonds. The largest absolute Gasteiger partial charge is 0.481 e. The van der Waals surface area contributed by atoms with E-state index in [-0.39, 0.29) is 18.2 Å². The molecule has 0 aromatic heterocycles. The Balaban J connectivity index is 2.30. The number of carbonyl (C=O) groups is 2. The van der Waals surface area contributed by atoms with Crippen molar-refractivity contribution in [3.8, 4) is 0 Å². The van der Waals surface area contributed by atoms with E-state index in [9.17, 15) is 9.59 Å². The van der Waals surface area contributed by atoms with Crippen LogP contribution in [0.3, 0.4) is 0 Å². The van der Waals surface area contributed by atoms with E-state index >= 15 is 0 Å². The van der Waals surface area contributed by atoms with Gasteiger partial charge in [-0.25, -0.2) is 0 Å². The fourth-order valence-corrected chi connectivity index (χ4v) is 2.31. The van der Waals surface area contributed by atoms with Crippen LogP contribution in [-0.2, 0) is 9.59 Å². The smallest absolute Gasteiger partial charge is 0.304 e. The number of hydrogen-bond acceptors (Lipinski definition) is 3. The van der Waals surface area contributed by atoms with Crippen LogP contribution in [0.4, 0.5) is 0 Å². The molecule has 1 aliphatic heterocycles. The fraction of sp³-hybridized carbons (Fsp3) is 0.846. The molecule has 1 saturated heterocycles. The minimum Gasteiger partial charge on any atom is -0.481 e. The Bertz CT molecular complexity index is 286. The highest BCUT2D eigenvalue weighted by molar-refractivity contribution is 5.78. The molecule has 0 radical (unpaired) electrons. The summed E-state index contributed by atoms with van der Waals surface area (Å²) in [7, 11) is 0. The van der Waals surface area contributed by atoms with Crippen molar-refractivity contribution < 1.29 is 14.7 Å². The summed E-state index contributed by atoms with van der Waals surface area (Å²) in [6, 6.07) is 0. The van der Waals surface area contributed by atoms with Gasteiger partial charge in [-0.1, -0.05) is 20.3 Å². The van der Waals surface area contributed by atoms with Gasteiger partial charge < -0.3 is 10.0 Å². The van der Waals surface area contributed by atoms with Gasteiger partial charge in [-0.2, -0.15) is 0 Å². The zero-order valence-corrected chi connectivity index (χ0v) is 11.4. The first-order chi connectivity index (χ1) is 8.54. The number of rotatable bonds is 6. The summed E-state index contributed by atoms with van der Waals surface area (Å²) >= 11 is 0. The lowest BCUT2D eigenvalue weighted by atomic mass is 10.0. The third-order valence-electron chi connectivity index (χ3n) is 3.47. The standard InChI is InChI=1S/C13H24N2O3/c1-3-4-11(2)13(18)15-9-7-14(8-10-15)6-5-12(16)17/h11H,3-10H2,1-2H3,(H,16,17). The lowest BCUT2D eigenvalue weighted by molar-refractivity contribution is -0.139. The first-order valence-electron chi connectivity index (χ1n) is 6.77. The second kappa shape index (κ2) is 7.36. The number of aliphatic carboxylic acids is 1. The maximum absolute atomic E-state index is 12.1. The van der Waals surface area contributed by atoms with Crippen molar-refractivity contribution in [1.29, 1.82) is 0 Å². The van der Waals surface area contributed by atoms with E-state index in [4.69, 9.17) is 5.11 Å². The molecule has 18 heavy (non-hydrogen) atoms. The topological polar surface area (TPSA) is 60.9 Å². The summed E-state index contributed by atoms with van der Waals surface area (Å²) in [5.74, 6) is -0.402. The van der Waals surface area contributed by atoms with Crippen LogP contribution in [0.1, 0.15) is 33.1 Å². The van der Waals surface area contributed by atoms with Crippen molar-refractivity contribution in [2.24, 2.45) is 5.92 Å². The summed E-state index contributed by atoms with van der Waals surface area (Å²) in [6.07, 6.45) is 2.16. The van der Waals surface area contributed by atoms with Crippen LogP contribution in [0.2, 0.25) is 0 Å². The number of piperazine rings is 1. The van der Waals surface area contributed by atoms with Crippen LogP contribution in [0.25, 0.3) is 0 Å². The number of nitrogens with zero attached hydrogens (tertiary/aromatic N) is 2. The average molecular weight is 256 g/mol. The predicted molar refractivity (Wildman–Crippen MR) is 69.3 cm³/mol. The Hall–Kier alpha value is -1.10. The lowest BCUT2D eigenvalue weighted by Gasteiger charge is -2.35. The molecule has 5 nitrogen and oxygen atoms in total. The van der Waals surface area contributed by atoms with Crippen LogP contribution in [0.5, 0.6) is 0 Å². The van der Waals surface area contributed by atoms with Gasteiger partial charge >= 0.3 is 5.97 Å². The summed E-state index contributed by atoms with van der Waals surface area (Å²) in [5, 5.41) is 8.62. The molecule has 1 rings (SSSR count). The monoisotopic (exact) mass is 256 g/mol. The van der Waals surface area contributed by atoms with E-state index in [1.165, 1.54) is 0 Å². The van der Waals surface area contributed by atoms with Crippen molar-refractivity contribution in [1.82, 2.24) is 9.80 Å². The fourth-order valence-electron chi connectivity index (χ4n) is 2.31.